The van der Waals surface area contributed by atoms with Crippen molar-refractivity contribution in [1.29, 1.82) is 0 Å². The average molecular weight is 183 g/mol. The first kappa shape index (κ1) is 8.19. The maximum atomic E-state index is 12.7. The summed E-state index contributed by atoms with van der Waals surface area (Å²) >= 11 is 0. The van der Waals surface area contributed by atoms with E-state index < -0.39 is 11.6 Å². The van der Waals surface area contributed by atoms with Crippen molar-refractivity contribution in [2.24, 2.45) is 5.73 Å². The van der Waals surface area contributed by atoms with Gasteiger partial charge in [0.05, 0.1) is 6.54 Å². The first-order chi connectivity index (χ1) is 6.20. The maximum absolute atomic E-state index is 12.7. The number of benzene rings is 1. The summed E-state index contributed by atoms with van der Waals surface area (Å²) < 4.78 is 30.5. The van der Waals surface area contributed by atoms with Gasteiger partial charge in [-0.25, -0.2) is 8.78 Å². The van der Waals surface area contributed by atoms with E-state index in [1.54, 1.807) is 6.07 Å². The molecule has 0 saturated carbocycles. The summed E-state index contributed by atoms with van der Waals surface area (Å²) in [4.78, 5) is 0. The van der Waals surface area contributed by atoms with Crippen molar-refractivity contribution in [2.75, 3.05) is 0 Å². The zero-order chi connectivity index (χ0) is 9.42. The van der Waals surface area contributed by atoms with Gasteiger partial charge in [-0.05, 0) is 12.1 Å². The van der Waals surface area contributed by atoms with Crippen LogP contribution in [0.1, 0.15) is 5.76 Å². The average Bonchev–Trinajstić information content (AvgIpc) is 2.48. The van der Waals surface area contributed by atoms with Crippen molar-refractivity contribution >= 4 is 11.0 Å². The lowest BCUT2D eigenvalue weighted by atomic mass is 10.2. The third-order valence-corrected chi connectivity index (χ3v) is 1.81. The minimum Gasteiger partial charge on any atom is -0.460 e. The van der Waals surface area contributed by atoms with E-state index in [4.69, 9.17) is 10.2 Å². The van der Waals surface area contributed by atoms with E-state index in [9.17, 15) is 8.78 Å². The van der Waals surface area contributed by atoms with Crippen LogP contribution in [0.5, 0.6) is 0 Å². The van der Waals surface area contributed by atoms with Gasteiger partial charge in [-0.3, -0.25) is 0 Å². The zero-order valence-electron chi connectivity index (χ0n) is 6.68. The molecule has 2 nitrogen and oxygen atoms in total. The Hall–Kier alpha value is -1.42. The molecule has 0 aliphatic rings. The SMILES string of the molecule is NCc1cc2cc(F)c(F)cc2o1. The fourth-order valence-corrected chi connectivity index (χ4v) is 1.19. The van der Waals surface area contributed by atoms with Crippen molar-refractivity contribution in [3.63, 3.8) is 0 Å². The molecule has 0 radical (unpaired) electrons. The van der Waals surface area contributed by atoms with Crippen LogP contribution in [0, 0.1) is 11.6 Å². The van der Waals surface area contributed by atoms with Gasteiger partial charge in [0, 0.05) is 11.5 Å². The molecule has 0 spiro atoms. The Morgan fingerprint density at radius 1 is 1.15 bits per heavy atom. The molecular weight excluding hydrogens is 176 g/mol. The quantitative estimate of drug-likeness (QED) is 0.735. The van der Waals surface area contributed by atoms with Gasteiger partial charge in [0.25, 0.3) is 0 Å². The van der Waals surface area contributed by atoms with E-state index >= 15 is 0 Å². The van der Waals surface area contributed by atoms with E-state index in [2.05, 4.69) is 0 Å². The third kappa shape index (κ3) is 1.29. The summed E-state index contributed by atoms with van der Waals surface area (Å²) in [6.45, 7) is 0.220. The highest BCUT2D eigenvalue weighted by molar-refractivity contribution is 5.78. The van der Waals surface area contributed by atoms with Crippen LogP contribution >= 0.6 is 0 Å². The molecule has 13 heavy (non-hydrogen) atoms. The second kappa shape index (κ2) is 2.81. The fraction of sp³-hybridized carbons (Fsp3) is 0.111. The number of fused-ring (bicyclic) bond motifs is 1. The molecule has 1 aromatic carbocycles. The number of hydrogen-bond acceptors (Lipinski definition) is 2. The van der Waals surface area contributed by atoms with E-state index in [1.165, 1.54) is 0 Å². The normalized spacial score (nSPS) is 11.0. The number of furan rings is 1. The number of hydrogen-bond donors (Lipinski definition) is 1. The number of nitrogens with two attached hydrogens (primary N) is 1. The van der Waals surface area contributed by atoms with E-state index in [-0.39, 0.29) is 6.54 Å². The molecule has 1 aromatic heterocycles. The monoisotopic (exact) mass is 183 g/mol. The Morgan fingerprint density at radius 2 is 1.85 bits per heavy atom. The minimum atomic E-state index is -0.912. The van der Waals surface area contributed by atoms with Gasteiger partial charge in [0.1, 0.15) is 11.3 Å². The molecule has 4 heteroatoms. The van der Waals surface area contributed by atoms with Crippen molar-refractivity contribution < 1.29 is 13.2 Å². The standard InChI is InChI=1S/C9H7F2NO/c10-7-2-5-1-6(4-12)13-9(5)3-8(7)11/h1-3H,4,12H2. The zero-order valence-corrected chi connectivity index (χ0v) is 6.68. The van der Waals surface area contributed by atoms with Gasteiger partial charge in [0.2, 0.25) is 0 Å². The molecule has 0 aliphatic carbocycles. The summed E-state index contributed by atoms with van der Waals surface area (Å²) in [5, 5.41) is 0.527. The van der Waals surface area contributed by atoms with Gasteiger partial charge < -0.3 is 10.2 Å². The summed E-state index contributed by atoms with van der Waals surface area (Å²) in [6, 6.07) is 3.70. The topological polar surface area (TPSA) is 39.2 Å². The van der Waals surface area contributed by atoms with Crippen LogP contribution in [-0.4, -0.2) is 0 Å². The van der Waals surface area contributed by atoms with Crippen LogP contribution in [0.25, 0.3) is 11.0 Å². The molecular formula is C9H7F2NO. The van der Waals surface area contributed by atoms with Crippen molar-refractivity contribution in [3.05, 3.63) is 35.6 Å². The lowest BCUT2D eigenvalue weighted by molar-refractivity contribution is 0.504. The molecule has 0 aliphatic heterocycles. The van der Waals surface area contributed by atoms with E-state index in [0.29, 0.717) is 16.7 Å². The van der Waals surface area contributed by atoms with Crippen LogP contribution in [0.3, 0.4) is 0 Å². The predicted octanol–water partition coefficient (Wildman–Crippen LogP) is 2.17. The molecule has 0 atom stereocenters. The molecule has 2 aromatic rings. The molecule has 0 amide bonds. The van der Waals surface area contributed by atoms with Gasteiger partial charge in [-0.15, -0.1) is 0 Å². The minimum absolute atomic E-state index is 0.220. The fourth-order valence-electron chi connectivity index (χ4n) is 1.19. The Balaban J connectivity index is 2.70. The highest BCUT2D eigenvalue weighted by Crippen LogP contribution is 2.21. The predicted molar refractivity (Wildman–Crippen MR) is 44.0 cm³/mol. The van der Waals surface area contributed by atoms with Gasteiger partial charge >= 0.3 is 0 Å². The summed E-state index contributed by atoms with van der Waals surface area (Å²) in [6.07, 6.45) is 0. The largest absolute Gasteiger partial charge is 0.460 e. The summed E-state index contributed by atoms with van der Waals surface area (Å²) in [7, 11) is 0. The Labute approximate surface area is 72.9 Å². The highest BCUT2D eigenvalue weighted by atomic mass is 19.2. The Morgan fingerprint density at radius 3 is 2.54 bits per heavy atom. The van der Waals surface area contributed by atoms with Crippen LogP contribution in [0.15, 0.2) is 22.6 Å². The molecule has 1 heterocycles. The van der Waals surface area contributed by atoms with Gasteiger partial charge in [-0.1, -0.05) is 0 Å². The molecule has 0 fully saturated rings. The van der Waals surface area contributed by atoms with Gasteiger partial charge in [-0.2, -0.15) is 0 Å². The lowest BCUT2D eigenvalue weighted by Gasteiger charge is -1.90. The molecule has 2 rings (SSSR count). The van der Waals surface area contributed by atoms with Crippen molar-refractivity contribution in [2.45, 2.75) is 6.54 Å². The summed E-state index contributed by atoms with van der Waals surface area (Å²) in [5.74, 6) is -1.28. The molecule has 0 saturated heterocycles. The lowest BCUT2D eigenvalue weighted by Crippen LogP contribution is -1.92. The number of rotatable bonds is 1. The van der Waals surface area contributed by atoms with E-state index in [1.807, 2.05) is 0 Å². The van der Waals surface area contributed by atoms with Crippen LogP contribution in [0.4, 0.5) is 8.78 Å². The summed E-state index contributed by atoms with van der Waals surface area (Å²) in [5.41, 5.74) is 5.63. The second-order valence-electron chi connectivity index (χ2n) is 2.72. The molecule has 2 N–H and O–H groups in total. The van der Waals surface area contributed by atoms with Crippen molar-refractivity contribution in [1.82, 2.24) is 0 Å². The molecule has 0 bridgehead atoms. The van der Waals surface area contributed by atoms with Gasteiger partial charge in [0.15, 0.2) is 11.6 Å². The second-order valence-corrected chi connectivity index (χ2v) is 2.72. The molecule has 0 unspecified atom stereocenters. The maximum Gasteiger partial charge on any atom is 0.162 e. The first-order valence-corrected chi connectivity index (χ1v) is 3.78. The smallest absolute Gasteiger partial charge is 0.162 e. The van der Waals surface area contributed by atoms with E-state index in [0.717, 1.165) is 12.1 Å². The highest BCUT2D eigenvalue weighted by Gasteiger charge is 2.07. The number of halogens is 2. The van der Waals surface area contributed by atoms with Crippen LogP contribution in [0.2, 0.25) is 0 Å². The Kier molecular flexibility index (Phi) is 1.77. The molecule has 68 valence electrons. The first-order valence-electron chi connectivity index (χ1n) is 3.78. The van der Waals surface area contributed by atoms with Crippen LogP contribution in [-0.2, 0) is 6.54 Å². The third-order valence-electron chi connectivity index (χ3n) is 1.81. The Bertz CT molecular complexity index is 411. The van der Waals surface area contributed by atoms with Crippen molar-refractivity contribution in [3.8, 4) is 0 Å². The van der Waals surface area contributed by atoms with Crippen LogP contribution < -0.4 is 5.73 Å².